The molecule has 0 amide bonds. The normalized spacial score (nSPS) is 10.6. The van der Waals surface area contributed by atoms with Crippen LogP contribution in [0.15, 0.2) is 53.6 Å². The second-order valence-corrected chi connectivity index (χ2v) is 5.02. The molecular formula is C17H15FN4O. The number of rotatable bonds is 3. The summed E-state index contributed by atoms with van der Waals surface area (Å²) in [5.41, 5.74) is 1.87. The van der Waals surface area contributed by atoms with Gasteiger partial charge in [0.15, 0.2) is 0 Å². The number of pyridine rings is 1. The van der Waals surface area contributed by atoms with Crippen molar-refractivity contribution in [3.8, 4) is 22.4 Å². The maximum Gasteiger partial charge on any atom is 0.263 e. The summed E-state index contributed by atoms with van der Waals surface area (Å²) in [4.78, 5) is 21.3. The van der Waals surface area contributed by atoms with Gasteiger partial charge in [0.1, 0.15) is 5.82 Å². The number of hydrogen-bond acceptors (Lipinski definition) is 4. The quantitative estimate of drug-likeness (QED) is 0.808. The van der Waals surface area contributed by atoms with E-state index in [1.54, 1.807) is 50.8 Å². The number of anilines is 1. The van der Waals surface area contributed by atoms with Crippen molar-refractivity contribution in [2.45, 2.75) is 0 Å². The van der Waals surface area contributed by atoms with E-state index in [-0.39, 0.29) is 11.4 Å². The van der Waals surface area contributed by atoms with Crippen molar-refractivity contribution in [1.29, 1.82) is 0 Å². The summed E-state index contributed by atoms with van der Waals surface area (Å²) in [5, 5.41) is 2.89. The fourth-order valence-corrected chi connectivity index (χ4v) is 2.45. The van der Waals surface area contributed by atoms with Crippen LogP contribution in [0.5, 0.6) is 0 Å². The van der Waals surface area contributed by atoms with E-state index in [0.29, 0.717) is 28.3 Å². The highest BCUT2D eigenvalue weighted by atomic mass is 19.1. The largest absolute Gasteiger partial charge is 0.359 e. The molecule has 5 nitrogen and oxygen atoms in total. The highest BCUT2D eigenvalue weighted by Gasteiger charge is 2.17. The molecule has 0 saturated heterocycles. The Labute approximate surface area is 132 Å². The lowest BCUT2D eigenvalue weighted by Crippen LogP contribution is -2.24. The van der Waals surface area contributed by atoms with Crippen molar-refractivity contribution in [1.82, 2.24) is 14.5 Å². The Morgan fingerprint density at radius 1 is 1.13 bits per heavy atom. The molecule has 3 aromatic rings. The summed E-state index contributed by atoms with van der Waals surface area (Å²) in [7, 11) is 3.32. The molecule has 116 valence electrons. The topological polar surface area (TPSA) is 59.8 Å². The number of nitrogens with one attached hydrogen (secondary N) is 1. The van der Waals surface area contributed by atoms with Crippen LogP contribution >= 0.6 is 0 Å². The predicted molar refractivity (Wildman–Crippen MR) is 87.6 cm³/mol. The molecule has 1 aromatic carbocycles. The van der Waals surface area contributed by atoms with Gasteiger partial charge >= 0.3 is 0 Å². The van der Waals surface area contributed by atoms with Gasteiger partial charge in [-0.1, -0.05) is 12.1 Å². The Hall–Kier alpha value is -3.02. The summed E-state index contributed by atoms with van der Waals surface area (Å²) in [6.45, 7) is 0. The molecule has 0 saturated carbocycles. The van der Waals surface area contributed by atoms with Crippen LogP contribution in [0.25, 0.3) is 22.4 Å². The van der Waals surface area contributed by atoms with Crippen LogP contribution in [0.3, 0.4) is 0 Å². The average molecular weight is 310 g/mol. The molecule has 3 rings (SSSR count). The molecule has 0 aliphatic rings. The Kier molecular flexibility index (Phi) is 3.89. The molecule has 0 atom stereocenters. The number of aromatic nitrogens is 3. The van der Waals surface area contributed by atoms with Gasteiger partial charge in [0.25, 0.3) is 5.56 Å². The fourth-order valence-electron chi connectivity index (χ4n) is 2.45. The van der Waals surface area contributed by atoms with Gasteiger partial charge in [0.2, 0.25) is 5.95 Å². The van der Waals surface area contributed by atoms with Crippen LogP contribution in [0.2, 0.25) is 0 Å². The number of nitrogens with zero attached hydrogens (tertiary/aromatic N) is 3. The highest BCUT2D eigenvalue weighted by Crippen LogP contribution is 2.28. The van der Waals surface area contributed by atoms with Crippen molar-refractivity contribution in [2.75, 3.05) is 12.4 Å². The number of benzene rings is 1. The maximum absolute atomic E-state index is 13.6. The van der Waals surface area contributed by atoms with E-state index < -0.39 is 0 Å². The van der Waals surface area contributed by atoms with Gasteiger partial charge in [-0.3, -0.25) is 14.3 Å². The predicted octanol–water partition coefficient (Wildman–Crippen LogP) is 2.69. The molecule has 0 aliphatic heterocycles. The van der Waals surface area contributed by atoms with Crippen molar-refractivity contribution in [2.24, 2.45) is 7.05 Å². The molecule has 2 aromatic heterocycles. The first kappa shape index (κ1) is 14.9. The van der Waals surface area contributed by atoms with Crippen molar-refractivity contribution < 1.29 is 4.39 Å². The van der Waals surface area contributed by atoms with Crippen LogP contribution in [0, 0.1) is 5.82 Å². The minimum Gasteiger partial charge on any atom is -0.359 e. The second-order valence-electron chi connectivity index (χ2n) is 5.02. The van der Waals surface area contributed by atoms with Gasteiger partial charge in [0, 0.05) is 32.1 Å². The van der Waals surface area contributed by atoms with Crippen LogP contribution in [-0.2, 0) is 7.05 Å². The van der Waals surface area contributed by atoms with Gasteiger partial charge in [-0.2, -0.15) is 0 Å². The lowest BCUT2D eigenvalue weighted by Gasteiger charge is -2.14. The molecule has 0 aliphatic carbocycles. The van der Waals surface area contributed by atoms with Crippen molar-refractivity contribution >= 4 is 5.95 Å². The Bertz CT molecular complexity index is 906. The Morgan fingerprint density at radius 3 is 2.52 bits per heavy atom. The van der Waals surface area contributed by atoms with E-state index in [1.165, 1.54) is 16.7 Å². The molecule has 1 N–H and O–H groups in total. The first-order valence-corrected chi connectivity index (χ1v) is 7.07. The van der Waals surface area contributed by atoms with E-state index >= 15 is 0 Å². The molecule has 0 radical (unpaired) electrons. The molecule has 23 heavy (non-hydrogen) atoms. The third-order valence-electron chi connectivity index (χ3n) is 3.58. The minimum absolute atomic E-state index is 0.213. The van der Waals surface area contributed by atoms with Gasteiger partial charge < -0.3 is 5.32 Å². The fraction of sp³-hybridized carbons (Fsp3) is 0.118. The van der Waals surface area contributed by atoms with E-state index in [9.17, 15) is 9.18 Å². The average Bonchev–Trinajstić information content (AvgIpc) is 2.58. The smallest absolute Gasteiger partial charge is 0.263 e. The monoisotopic (exact) mass is 310 g/mol. The standard InChI is InChI=1S/C17H15FN4O/c1-19-17-21-15(12-4-3-5-13(18)10-12)14(16(23)22(17)2)11-6-8-20-9-7-11/h3-10H,1-2H3,(H,19,21). The summed E-state index contributed by atoms with van der Waals surface area (Å²) in [5.74, 6) is 0.0312. The van der Waals surface area contributed by atoms with Gasteiger partial charge in [-0.05, 0) is 29.8 Å². The zero-order valence-corrected chi connectivity index (χ0v) is 12.7. The van der Waals surface area contributed by atoms with Gasteiger partial charge in [-0.15, -0.1) is 0 Å². The van der Waals surface area contributed by atoms with E-state index in [4.69, 9.17) is 0 Å². The summed E-state index contributed by atoms with van der Waals surface area (Å²) >= 11 is 0. The van der Waals surface area contributed by atoms with Crippen LogP contribution in [0.4, 0.5) is 10.3 Å². The number of hydrogen-bond donors (Lipinski definition) is 1. The second kappa shape index (κ2) is 6.00. The first-order valence-electron chi connectivity index (χ1n) is 7.07. The third kappa shape index (κ3) is 2.70. The van der Waals surface area contributed by atoms with E-state index in [2.05, 4.69) is 15.3 Å². The third-order valence-corrected chi connectivity index (χ3v) is 3.58. The molecule has 6 heteroatoms. The zero-order valence-electron chi connectivity index (χ0n) is 12.7. The van der Waals surface area contributed by atoms with E-state index in [0.717, 1.165) is 0 Å². The summed E-state index contributed by atoms with van der Waals surface area (Å²) in [6, 6.07) is 9.52. The first-order chi connectivity index (χ1) is 11.1. The lowest BCUT2D eigenvalue weighted by atomic mass is 10.0. The lowest BCUT2D eigenvalue weighted by molar-refractivity contribution is 0.628. The van der Waals surface area contributed by atoms with Gasteiger partial charge in [0.05, 0.1) is 11.3 Å². The minimum atomic E-state index is -0.378. The zero-order chi connectivity index (χ0) is 16.4. The van der Waals surface area contributed by atoms with Crippen LogP contribution in [0.1, 0.15) is 0 Å². The molecular weight excluding hydrogens is 295 g/mol. The number of halogens is 1. The maximum atomic E-state index is 13.6. The molecule has 2 heterocycles. The molecule has 0 spiro atoms. The van der Waals surface area contributed by atoms with E-state index in [1.807, 2.05) is 0 Å². The van der Waals surface area contributed by atoms with Crippen LogP contribution in [-0.4, -0.2) is 21.6 Å². The SMILES string of the molecule is CNc1nc(-c2cccc(F)c2)c(-c2ccncc2)c(=O)n1C. The Morgan fingerprint density at radius 2 is 1.87 bits per heavy atom. The molecule has 0 bridgehead atoms. The molecule has 0 unspecified atom stereocenters. The molecule has 0 fully saturated rings. The van der Waals surface area contributed by atoms with Crippen molar-refractivity contribution in [3.63, 3.8) is 0 Å². The van der Waals surface area contributed by atoms with Gasteiger partial charge in [-0.25, -0.2) is 9.37 Å². The highest BCUT2D eigenvalue weighted by molar-refractivity contribution is 5.80. The Balaban J connectivity index is 2.37. The van der Waals surface area contributed by atoms with Crippen molar-refractivity contribution in [3.05, 3.63) is 65.0 Å². The summed E-state index contributed by atoms with van der Waals surface area (Å²) in [6.07, 6.45) is 3.21. The summed E-state index contributed by atoms with van der Waals surface area (Å²) < 4.78 is 15.0. The van der Waals surface area contributed by atoms with Crippen LogP contribution < -0.4 is 10.9 Å².